The van der Waals surface area contributed by atoms with Gasteiger partial charge >= 0.3 is 0 Å². The summed E-state index contributed by atoms with van der Waals surface area (Å²) in [6, 6.07) is 0.739. The maximum absolute atomic E-state index is 4.34. The van der Waals surface area contributed by atoms with Crippen LogP contribution in [-0.4, -0.2) is 11.0 Å². The topological polar surface area (TPSA) is 24.9 Å². The van der Waals surface area contributed by atoms with Gasteiger partial charge in [-0.3, -0.25) is 0 Å². The normalized spacial score (nSPS) is 18.2. The maximum Gasteiger partial charge on any atom is 0.117 e. The van der Waals surface area contributed by atoms with Gasteiger partial charge in [-0.05, 0) is 28.8 Å². The molecule has 1 aromatic heterocycles. The van der Waals surface area contributed by atoms with E-state index in [2.05, 4.69) is 26.2 Å². The first kappa shape index (κ1) is 9.62. The average molecular weight is 261 g/mol. The van der Waals surface area contributed by atoms with E-state index in [1.54, 1.807) is 11.3 Å². The first-order chi connectivity index (χ1) is 6.34. The van der Waals surface area contributed by atoms with E-state index in [0.29, 0.717) is 0 Å². The monoisotopic (exact) mass is 260 g/mol. The van der Waals surface area contributed by atoms with Gasteiger partial charge in [-0.1, -0.05) is 12.8 Å². The van der Waals surface area contributed by atoms with Crippen molar-refractivity contribution in [3.63, 3.8) is 0 Å². The first-order valence-electron chi connectivity index (χ1n) is 4.68. The molecule has 0 atom stereocenters. The van der Waals surface area contributed by atoms with Crippen molar-refractivity contribution in [2.45, 2.75) is 38.3 Å². The van der Waals surface area contributed by atoms with Crippen LogP contribution in [0.3, 0.4) is 0 Å². The van der Waals surface area contributed by atoms with Crippen molar-refractivity contribution in [3.05, 3.63) is 15.0 Å². The summed E-state index contributed by atoms with van der Waals surface area (Å²) >= 11 is 5.07. The quantitative estimate of drug-likeness (QED) is 0.904. The van der Waals surface area contributed by atoms with Crippen LogP contribution in [0.25, 0.3) is 0 Å². The second-order valence-electron chi connectivity index (χ2n) is 3.43. The van der Waals surface area contributed by atoms with Crippen LogP contribution in [0.15, 0.2) is 9.98 Å². The van der Waals surface area contributed by atoms with Crippen LogP contribution in [0.5, 0.6) is 0 Å². The highest BCUT2D eigenvalue weighted by Gasteiger charge is 2.14. The molecule has 72 valence electrons. The van der Waals surface area contributed by atoms with Crippen LogP contribution in [-0.2, 0) is 6.54 Å². The third-order valence-corrected chi connectivity index (χ3v) is 3.98. The summed E-state index contributed by atoms with van der Waals surface area (Å²) in [4.78, 5) is 4.34. The number of hydrogen-bond acceptors (Lipinski definition) is 3. The zero-order valence-electron chi connectivity index (χ0n) is 7.42. The summed E-state index contributed by atoms with van der Waals surface area (Å²) in [7, 11) is 0. The summed E-state index contributed by atoms with van der Waals surface area (Å²) < 4.78 is 0.959. The van der Waals surface area contributed by atoms with Crippen molar-refractivity contribution in [1.82, 2.24) is 10.3 Å². The largest absolute Gasteiger partial charge is 0.308 e. The van der Waals surface area contributed by atoms with Gasteiger partial charge in [-0.2, -0.15) is 0 Å². The molecule has 0 aromatic carbocycles. The zero-order chi connectivity index (χ0) is 9.10. The number of hydrogen-bond donors (Lipinski definition) is 1. The SMILES string of the molecule is Brc1csc(CNC2CCCC2)n1. The maximum atomic E-state index is 4.34. The van der Waals surface area contributed by atoms with E-state index in [9.17, 15) is 0 Å². The number of thiazole rings is 1. The van der Waals surface area contributed by atoms with Gasteiger partial charge in [-0.25, -0.2) is 4.98 Å². The highest BCUT2D eigenvalue weighted by atomic mass is 79.9. The molecule has 1 N–H and O–H groups in total. The average Bonchev–Trinajstić information content (AvgIpc) is 2.71. The molecule has 1 fully saturated rings. The number of aromatic nitrogens is 1. The Balaban J connectivity index is 1.78. The van der Waals surface area contributed by atoms with Crippen LogP contribution < -0.4 is 5.32 Å². The Morgan fingerprint density at radius 2 is 2.31 bits per heavy atom. The lowest BCUT2D eigenvalue weighted by atomic mass is 10.2. The van der Waals surface area contributed by atoms with Crippen molar-refractivity contribution in [1.29, 1.82) is 0 Å². The Labute approximate surface area is 90.9 Å². The molecule has 0 amide bonds. The molecular weight excluding hydrogens is 248 g/mol. The molecule has 0 aliphatic heterocycles. The third kappa shape index (κ3) is 2.76. The van der Waals surface area contributed by atoms with Crippen LogP contribution >= 0.6 is 27.3 Å². The van der Waals surface area contributed by atoms with Crippen LogP contribution in [0.2, 0.25) is 0 Å². The molecule has 0 radical (unpaired) electrons. The fourth-order valence-corrected chi connectivity index (χ4v) is 2.95. The smallest absolute Gasteiger partial charge is 0.117 e. The van der Waals surface area contributed by atoms with Crippen LogP contribution in [0, 0.1) is 0 Å². The van der Waals surface area contributed by atoms with Crippen molar-refractivity contribution >= 4 is 27.3 Å². The second kappa shape index (κ2) is 4.53. The van der Waals surface area contributed by atoms with Gasteiger partial charge in [0.2, 0.25) is 0 Å². The van der Waals surface area contributed by atoms with E-state index >= 15 is 0 Å². The Morgan fingerprint density at radius 3 is 2.92 bits per heavy atom. The molecule has 13 heavy (non-hydrogen) atoms. The second-order valence-corrected chi connectivity index (χ2v) is 5.18. The standard InChI is InChI=1S/C9H13BrN2S/c10-8-6-13-9(12-8)5-11-7-3-1-2-4-7/h6-7,11H,1-5H2. The van der Waals surface area contributed by atoms with Gasteiger partial charge in [0.15, 0.2) is 0 Å². The molecule has 0 unspecified atom stereocenters. The summed E-state index contributed by atoms with van der Waals surface area (Å²) in [6.45, 7) is 0.931. The molecular formula is C9H13BrN2S. The zero-order valence-corrected chi connectivity index (χ0v) is 9.83. The van der Waals surface area contributed by atoms with Gasteiger partial charge in [0, 0.05) is 18.0 Å². The molecule has 1 aromatic rings. The Hall–Kier alpha value is 0.0700. The van der Waals surface area contributed by atoms with E-state index in [1.165, 1.54) is 30.7 Å². The highest BCUT2D eigenvalue weighted by Crippen LogP contribution is 2.19. The molecule has 1 aliphatic carbocycles. The molecule has 0 saturated heterocycles. The number of nitrogens with zero attached hydrogens (tertiary/aromatic N) is 1. The van der Waals surface area contributed by atoms with E-state index < -0.39 is 0 Å². The van der Waals surface area contributed by atoms with Gasteiger partial charge < -0.3 is 5.32 Å². The molecule has 2 rings (SSSR count). The van der Waals surface area contributed by atoms with E-state index in [-0.39, 0.29) is 0 Å². The first-order valence-corrected chi connectivity index (χ1v) is 6.35. The summed E-state index contributed by atoms with van der Waals surface area (Å²) in [5, 5.41) is 6.75. The van der Waals surface area contributed by atoms with E-state index in [0.717, 1.165) is 17.2 Å². The molecule has 4 heteroatoms. The summed E-state index contributed by atoms with van der Waals surface area (Å²) in [5.74, 6) is 0. The minimum atomic E-state index is 0.739. The predicted molar refractivity (Wildman–Crippen MR) is 58.9 cm³/mol. The molecule has 1 aliphatic rings. The van der Waals surface area contributed by atoms with Gasteiger partial charge in [0.05, 0.1) is 0 Å². The highest BCUT2D eigenvalue weighted by molar-refractivity contribution is 9.10. The summed E-state index contributed by atoms with van der Waals surface area (Å²) in [6.07, 6.45) is 5.46. The molecule has 1 saturated carbocycles. The van der Waals surface area contributed by atoms with Gasteiger partial charge in [0.1, 0.15) is 9.61 Å². The third-order valence-electron chi connectivity index (χ3n) is 2.42. The minimum absolute atomic E-state index is 0.739. The number of rotatable bonds is 3. The van der Waals surface area contributed by atoms with Gasteiger partial charge in [-0.15, -0.1) is 11.3 Å². The number of halogens is 1. The lowest BCUT2D eigenvalue weighted by molar-refractivity contribution is 0.523. The van der Waals surface area contributed by atoms with Crippen LogP contribution in [0.1, 0.15) is 30.7 Å². The van der Waals surface area contributed by atoms with Crippen molar-refractivity contribution < 1.29 is 0 Å². The summed E-state index contributed by atoms with van der Waals surface area (Å²) in [5.41, 5.74) is 0. The van der Waals surface area contributed by atoms with Crippen molar-refractivity contribution in [2.75, 3.05) is 0 Å². The molecule has 2 nitrogen and oxygen atoms in total. The lowest BCUT2D eigenvalue weighted by Crippen LogP contribution is -2.25. The molecule has 0 spiro atoms. The van der Waals surface area contributed by atoms with E-state index in [4.69, 9.17) is 0 Å². The Bertz CT molecular complexity index is 268. The van der Waals surface area contributed by atoms with E-state index in [1.807, 2.05) is 5.38 Å². The predicted octanol–water partition coefficient (Wildman–Crippen LogP) is 2.94. The van der Waals surface area contributed by atoms with Crippen molar-refractivity contribution in [3.8, 4) is 0 Å². The fraction of sp³-hybridized carbons (Fsp3) is 0.667. The van der Waals surface area contributed by atoms with Crippen LogP contribution in [0.4, 0.5) is 0 Å². The Kier molecular flexibility index (Phi) is 3.35. The van der Waals surface area contributed by atoms with Crippen molar-refractivity contribution in [2.24, 2.45) is 0 Å². The van der Waals surface area contributed by atoms with Gasteiger partial charge in [0.25, 0.3) is 0 Å². The fourth-order valence-electron chi connectivity index (χ4n) is 1.73. The lowest BCUT2D eigenvalue weighted by Gasteiger charge is -2.09. The molecule has 1 heterocycles. The number of nitrogens with one attached hydrogen (secondary N) is 1. The minimum Gasteiger partial charge on any atom is -0.308 e. The molecule has 0 bridgehead atoms. The Morgan fingerprint density at radius 1 is 1.54 bits per heavy atom.